The number of thiophene rings is 1. The topological polar surface area (TPSA) is 35.2 Å². The van der Waals surface area contributed by atoms with Gasteiger partial charge in [0.25, 0.3) is 0 Å². The summed E-state index contributed by atoms with van der Waals surface area (Å²) in [5.74, 6) is 0. The Labute approximate surface area is 90.1 Å². The van der Waals surface area contributed by atoms with E-state index in [-0.39, 0.29) is 11.6 Å². The van der Waals surface area contributed by atoms with Gasteiger partial charge in [0, 0.05) is 12.0 Å². The molecule has 0 bridgehead atoms. The molecule has 0 saturated heterocycles. The molecule has 14 heavy (non-hydrogen) atoms. The van der Waals surface area contributed by atoms with Crippen molar-refractivity contribution in [3.8, 4) is 0 Å². The third-order valence-corrected chi connectivity index (χ3v) is 3.82. The number of aryl methyl sites for hydroxylation is 1. The Morgan fingerprint density at radius 1 is 1.64 bits per heavy atom. The number of hydrogen-bond acceptors (Lipinski definition) is 3. The molecule has 1 aromatic rings. The number of hydrogen-bond donors (Lipinski definition) is 1. The minimum Gasteiger partial charge on any atom is -0.377 e. The predicted octanol–water partition coefficient (Wildman–Crippen LogP) is 2.87. The van der Waals surface area contributed by atoms with Crippen molar-refractivity contribution in [2.45, 2.75) is 38.8 Å². The van der Waals surface area contributed by atoms with E-state index in [0.717, 1.165) is 6.42 Å². The molecule has 2 unspecified atom stereocenters. The molecule has 0 saturated carbocycles. The van der Waals surface area contributed by atoms with Crippen LogP contribution in [0.4, 0.5) is 0 Å². The fourth-order valence-corrected chi connectivity index (χ4v) is 2.21. The molecule has 0 spiro atoms. The van der Waals surface area contributed by atoms with Gasteiger partial charge in [-0.25, -0.2) is 0 Å². The highest BCUT2D eigenvalue weighted by Gasteiger charge is 2.31. The summed E-state index contributed by atoms with van der Waals surface area (Å²) in [4.78, 5) is 1.30. The Hall–Kier alpha value is -0.380. The molecule has 0 fully saturated rings. The fraction of sp³-hybridized carbons (Fsp3) is 0.636. The van der Waals surface area contributed by atoms with E-state index >= 15 is 0 Å². The molecule has 0 aliphatic rings. The molecule has 2 atom stereocenters. The second-order valence-corrected chi connectivity index (χ2v) is 4.95. The van der Waals surface area contributed by atoms with E-state index in [4.69, 9.17) is 10.5 Å². The first kappa shape index (κ1) is 11.7. The maximum absolute atomic E-state index is 6.19. The molecule has 0 aliphatic heterocycles. The highest BCUT2D eigenvalue weighted by molar-refractivity contribution is 7.10. The molecule has 80 valence electrons. The molecule has 0 radical (unpaired) electrons. The highest BCUT2D eigenvalue weighted by Crippen LogP contribution is 2.31. The summed E-state index contributed by atoms with van der Waals surface area (Å²) in [7, 11) is 1.72. The van der Waals surface area contributed by atoms with Gasteiger partial charge in [-0.2, -0.15) is 0 Å². The van der Waals surface area contributed by atoms with E-state index in [1.807, 2.05) is 0 Å². The Kier molecular flexibility index (Phi) is 3.70. The van der Waals surface area contributed by atoms with E-state index in [1.165, 1.54) is 10.4 Å². The molecule has 2 nitrogen and oxygen atoms in total. The summed E-state index contributed by atoms with van der Waals surface area (Å²) in [5.41, 5.74) is 7.11. The van der Waals surface area contributed by atoms with Gasteiger partial charge in [0.05, 0.1) is 11.6 Å². The summed E-state index contributed by atoms with van der Waals surface area (Å²) >= 11 is 1.73. The lowest BCUT2D eigenvalue weighted by molar-refractivity contribution is -0.0193. The van der Waals surface area contributed by atoms with Crippen LogP contribution in [0.1, 0.15) is 36.8 Å². The van der Waals surface area contributed by atoms with E-state index in [1.54, 1.807) is 18.4 Å². The Balaban J connectivity index is 2.88. The van der Waals surface area contributed by atoms with Crippen molar-refractivity contribution in [2.75, 3.05) is 7.11 Å². The van der Waals surface area contributed by atoms with Gasteiger partial charge in [0.15, 0.2) is 0 Å². The molecular weight excluding hydrogens is 194 g/mol. The lowest BCUT2D eigenvalue weighted by atomic mass is 9.90. The van der Waals surface area contributed by atoms with E-state index in [2.05, 4.69) is 32.2 Å². The summed E-state index contributed by atoms with van der Waals surface area (Å²) in [6.07, 6.45) is 0.916. The second-order valence-electron chi connectivity index (χ2n) is 3.84. The average Bonchev–Trinajstić information content (AvgIpc) is 2.62. The van der Waals surface area contributed by atoms with E-state index < -0.39 is 0 Å². The van der Waals surface area contributed by atoms with Crippen LogP contribution in [-0.4, -0.2) is 12.7 Å². The van der Waals surface area contributed by atoms with Gasteiger partial charge in [-0.1, -0.05) is 6.92 Å². The zero-order chi connectivity index (χ0) is 10.8. The van der Waals surface area contributed by atoms with Crippen molar-refractivity contribution >= 4 is 11.3 Å². The fourth-order valence-electron chi connectivity index (χ4n) is 1.47. The van der Waals surface area contributed by atoms with E-state index in [0.29, 0.717) is 0 Å². The summed E-state index contributed by atoms with van der Waals surface area (Å²) < 4.78 is 5.49. The van der Waals surface area contributed by atoms with Crippen LogP contribution in [0.5, 0.6) is 0 Å². The van der Waals surface area contributed by atoms with E-state index in [9.17, 15) is 0 Å². The molecule has 0 aliphatic carbocycles. The van der Waals surface area contributed by atoms with Crippen molar-refractivity contribution in [3.63, 3.8) is 0 Å². The first-order valence-electron chi connectivity index (χ1n) is 4.89. The normalized spacial score (nSPS) is 17.8. The smallest absolute Gasteiger partial charge is 0.0840 e. The van der Waals surface area contributed by atoms with Crippen molar-refractivity contribution in [1.29, 1.82) is 0 Å². The number of rotatable bonds is 4. The van der Waals surface area contributed by atoms with Crippen LogP contribution in [0.3, 0.4) is 0 Å². The molecular formula is C11H19NOS. The largest absolute Gasteiger partial charge is 0.377 e. The quantitative estimate of drug-likeness (QED) is 0.834. The van der Waals surface area contributed by atoms with Crippen molar-refractivity contribution in [2.24, 2.45) is 5.73 Å². The molecule has 2 N–H and O–H groups in total. The van der Waals surface area contributed by atoms with Crippen LogP contribution in [-0.2, 0) is 4.74 Å². The van der Waals surface area contributed by atoms with Gasteiger partial charge in [0.1, 0.15) is 0 Å². The van der Waals surface area contributed by atoms with Gasteiger partial charge in [-0.05, 0) is 37.3 Å². The molecule has 1 heterocycles. The first-order chi connectivity index (χ1) is 6.53. The maximum Gasteiger partial charge on any atom is 0.0840 e. The van der Waals surface area contributed by atoms with Gasteiger partial charge in [-0.3, -0.25) is 0 Å². The Morgan fingerprint density at radius 3 is 2.64 bits per heavy atom. The lowest BCUT2D eigenvalue weighted by Gasteiger charge is -2.32. The third kappa shape index (κ3) is 2.16. The minimum atomic E-state index is -0.256. The van der Waals surface area contributed by atoms with Gasteiger partial charge in [0.2, 0.25) is 0 Å². The van der Waals surface area contributed by atoms with Gasteiger partial charge >= 0.3 is 0 Å². The molecule has 0 aromatic carbocycles. The zero-order valence-electron chi connectivity index (χ0n) is 9.33. The van der Waals surface area contributed by atoms with Crippen LogP contribution >= 0.6 is 11.3 Å². The van der Waals surface area contributed by atoms with Crippen molar-refractivity contribution < 1.29 is 4.74 Å². The first-order valence-corrected chi connectivity index (χ1v) is 5.77. The standard InChI is InChI=1S/C11H19NOS/c1-5-11(3,13-4)10(12)9-6-8(2)14-7-9/h6-7,10H,5,12H2,1-4H3. The summed E-state index contributed by atoms with van der Waals surface area (Å²) in [5, 5.41) is 2.12. The SMILES string of the molecule is CCC(C)(OC)C(N)c1csc(C)c1. The van der Waals surface area contributed by atoms with Gasteiger partial charge in [-0.15, -0.1) is 11.3 Å². The monoisotopic (exact) mass is 213 g/mol. The van der Waals surface area contributed by atoms with Crippen molar-refractivity contribution in [3.05, 3.63) is 21.9 Å². The number of nitrogens with two attached hydrogens (primary N) is 1. The van der Waals surface area contributed by atoms with Crippen LogP contribution in [0, 0.1) is 6.92 Å². The number of ether oxygens (including phenoxy) is 1. The molecule has 3 heteroatoms. The number of methoxy groups -OCH3 is 1. The van der Waals surface area contributed by atoms with Crippen LogP contribution in [0.15, 0.2) is 11.4 Å². The summed E-state index contributed by atoms with van der Waals surface area (Å²) in [6, 6.07) is 2.10. The van der Waals surface area contributed by atoms with Crippen LogP contribution in [0.25, 0.3) is 0 Å². The summed E-state index contributed by atoms with van der Waals surface area (Å²) in [6.45, 7) is 6.25. The van der Waals surface area contributed by atoms with Gasteiger partial charge < -0.3 is 10.5 Å². The Bertz CT molecular complexity index is 291. The van der Waals surface area contributed by atoms with Crippen molar-refractivity contribution in [1.82, 2.24) is 0 Å². The molecule has 1 rings (SSSR count). The Morgan fingerprint density at radius 2 is 2.29 bits per heavy atom. The molecule has 1 aromatic heterocycles. The highest BCUT2D eigenvalue weighted by atomic mass is 32.1. The second kappa shape index (κ2) is 4.43. The van der Waals surface area contributed by atoms with Crippen LogP contribution in [0.2, 0.25) is 0 Å². The van der Waals surface area contributed by atoms with Crippen LogP contribution < -0.4 is 5.73 Å². The lowest BCUT2D eigenvalue weighted by Crippen LogP contribution is -2.39. The predicted molar refractivity (Wildman–Crippen MR) is 61.7 cm³/mol. The zero-order valence-corrected chi connectivity index (χ0v) is 10.1. The maximum atomic E-state index is 6.19. The minimum absolute atomic E-state index is 0.0394. The average molecular weight is 213 g/mol. The molecule has 0 amide bonds. The third-order valence-electron chi connectivity index (χ3n) is 2.94.